The highest BCUT2D eigenvalue weighted by Gasteiger charge is 2.42. The lowest BCUT2D eigenvalue weighted by molar-refractivity contribution is -0.148. The number of allylic oxidation sites excluding steroid dienone is 1. The van der Waals surface area contributed by atoms with Gasteiger partial charge in [-0.15, -0.1) is 0 Å². The first kappa shape index (κ1) is 16.8. The molecule has 0 N–H and O–H groups in total. The Kier molecular flexibility index (Phi) is 4.50. The molecule has 0 fully saturated rings. The Morgan fingerprint density at radius 2 is 1.67 bits per heavy atom. The average molecular weight is 387 g/mol. The quantitative estimate of drug-likeness (QED) is 0.682. The van der Waals surface area contributed by atoms with Crippen LogP contribution in [0.5, 0.6) is 5.75 Å². The molecule has 124 valence electrons. The molecule has 4 heteroatoms. The van der Waals surface area contributed by atoms with E-state index >= 15 is 0 Å². The van der Waals surface area contributed by atoms with Crippen molar-refractivity contribution in [2.24, 2.45) is 5.41 Å². The Morgan fingerprint density at radius 1 is 1.04 bits per heavy atom. The van der Waals surface area contributed by atoms with Crippen molar-refractivity contribution in [3.05, 3.63) is 70.2 Å². The molecule has 3 rings (SSSR count). The highest BCUT2D eigenvalue weighted by molar-refractivity contribution is 9.10. The summed E-state index contributed by atoms with van der Waals surface area (Å²) in [4.78, 5) is 12.6. The SMILES string of the molecule is COc1ccc(C2=CC(c3ccc(Br)cc3)C(C)(C)C(=O)O2)cc1. The number of carbonyl (C=O) groups is 1. The van der Waals surface area contributed by atoms with Gasteiger partial charge in [-0.1, -0.05) is 28.1 Å². The second-order valence-electron chi connectivity index (χ2n) is 6.40. The van der Waals surface area contributed by atoms with Gasteiger partial charge < -0.3 is 9.47 Å². The van der Waals surface area contributed by atoms with Crippen molar-refractivity contribution in [3.8, 4) is 5.75 Å². The van der Waals surface area contributed by atoms with Crippen LogP contribution >= 0.6 is 15.9 Å². The normalized spacial score (nSPS) is 19.4. The molecule has 0 radical (unpaired) electrons. The maximum atomic E-state index is 12.6. The first-order valence-corrected chi connectivity index (χ1v) is 8.55. The maximum Gasteiger partial charge on any atom is 0.317 e. The minimum Gasteiger partial charge on any atom is -0.497 e. The number of rotatable bonds is 3. The summed E-state index contributed by atoms with van der Waals surface area (Å²) in [5.41, 5.74) is 1.33. The molecule has 1 atom stereocenters. The molecule has 2 aromatic rings. The fraction of sp³-hybridized carbons (Fsp3) is 0.250. The van der Waals surface area contributed by atoms with Gasteiger partial charge in [-0.25, -0.2) is 0 Å². The molecule has 1 aliphatic rings. The molecule has 0 amide bonds. The molecule has 0 saturated heterocycles. The lowest BCUT2D eigenvalue weighted by Crippen LogP contribution is -2.35. The number of hydrogen-bond donors (Lipinski definition) is 0. The van der Waals surface area contributed by atoms with Crippen LogP contribution < -0.4 is 4.74 Å². The first-order valence-electron chi connectivity index (χ1n) is 7.76. The topological polar surface area (TPSA) is 35.5 Å². The number of esters is 1. The lowest BCUT2D eigenvalue weighted by Gasteiger charge is -2.35. The molecule has 1 aliphatic heterocycles. The highest BCUT2D eigenvalue weighted by Crippen LogP contribution is 2.44. The Morgan fingerprint density at radius 3 is 2.25 bits per heavy atom. The van der Waals surface area contributed by atoms with E-state index in [1.54, 1.807) is 7.11 Å². The summed E-state index contributed by atoms with van der Waals surface area (Å²) < 4.78 is 11.8. The minimum atomic E-state index is -0.621. The molecule has 0 aliphatic carbocycles. The second kappa shape index (κ2) is 6.44. The summed E-state index contributed by atoms with van der Waals surface area (Å²) in [5, 5.41) is 0. The van der Waals surface area contributed by atoms with Crippen LogP contribution in [0, 0.1) is 5.41 Å². The van der Waals surface area contributed by atoms with Gasteiger partial charge in [-0.2, -0.15) is 0 Å². The first-order chi connectivity index (χ1) is 11.4. The molecule has 2 aromatic carbocycles. The third-order valence-corrected chi connectivity index (χ3v) is 4.96. The number of hydrogen-bond acceptors (Lipinski definition) is 3. The zero-order valence-electron chi connectivity index (χ0n) is 13.9. The fourth-order valence-electron chi connectivity index (χ4n) is 2.85. The second-order valence-corrected chi connectivity index (χ2v) is 7.32. The van der Waals surface area contributed by atoms with Crippen LogP contribution in [-0.4, -0.2) is 13.1 Å². The molecular formula is C20H19BrO3. The van der Waals surface area contributed by atoms with E-state index in [2.05, 4.69) is 15.9 Å². The summed E-state index contributed by atoms with van der Waals surface area (Å²) >= 11 is 3.45. The third kappa shape index (κ3) is 3.11. The van der Waals surface area contributed by atoms with Gasteiger partial charge in [0, 0.05) is 16.0 Å². The lowest BCUT2D eigenvalue weighted by atomic mass is 9.73. The zero-order valence-corrected chi connectivity index (χ0v) is 15.5. The smallest absolute Gasteiger partial charge is 0.317 e. The van der Waals surface area contributed by atoms with Gasteiger partial charge in [-0.05, 0) is 61.9 Å². The number of methoxy groups -OCH3 is 1. The summed E-state index contributed by atoms with van der Waals surface area (Å²) in [7, 11) is 1.63. The fourth-order valence-corrected chi connectivity index (χ4v) is 3.11. The third-order valence-electron chi connectivity index (χ3n) is 4.43. The summed E-state index contributed by atoms with van der Waals surface area (Å²) in [5.74, 6) is 1.09. The number of halogens is 1. The van der Waals surface area contributed by atoms with Gasteiger partial charge in [0.05, 0.1) is 12.5 Å². The predicted molar refractivity (Wildman–Crippen MR) is 97.7 cm³/mol. The summed E-state index contributed by atoms with van der Waals surface area (Å²) in [6.45, 7) is 3.84. The van der Waals surface area contributed by atoms with Crippen molar-refractivity contribution in [2.45, 2.75) is 19.8 Å². The number of ether oxygens (including phenoxy) is 2. The van der Waals surface area contributed by atoms with Crippen LogP contribution in [0.2, 0.25) is 0 Å². The van der Waals surface area contributed by atoms with E-state index in [0.717, 1.165) is 21.3 Å². The Labute approximate surface area is 150 Å². The van der Waals surface area contributed by atoms with E-state index in [-0.39, 0.29) is 11.9 Å². The van der Waals surface area contributed by atoms with E-state index in [1.807, 2.05) is 68.5 Å². The van der Waals surface area contributed by atoms with Crippen LogP contribution in [0.4, 0.5) is 0 Å². The van der Waals surface area contributed by atoms with Gasteiger partial charge in [0.2, 0.25) is 0 Å². The molecule has 24 heavy (non-hydrogen) atoms. The largest absolute Gasteiger partial charge is 0.497 e. The van der Waals surface area contributed by atoms with Gasteiger partial charge in [0.1, 0.15) is 11.5 Å². The molecule has 0 aromatic heterocycles. The summed E-state index contributed by atoms with van der Waals surface area (Å²) in [6, 6.07) is 15.6. The van der Waals surface area contributed by atoms with Crippen LogP contribution in [0.15, 0.2) is 59.1 Å². The van der Waals surface area contributed by atoms with Crippen molar-refractivity contribution in [2.75, 3.05) is 7.11 Å². The van der Waals surface area contributed by atoms with Crippen molar-refractivity contribution >= 4 is 27.7 Å². The predicted octanol–water partition coefficient (Wildman–Crippen LogP) is 5.17. The van der Waals surface area contributed by atoms with E-state index < -0.39 is 5.41 Å². The standard InChI is InChI=1S/C20H19BrO3/c1-20(2)17(13-4-8-15(21)9-5-13)12-18(24-19(20)22)14-6-10-16(23-3)11-7-14/h4-12,17H,1-3H3. The van der Waals surface area contributed by atoms with Crippen molar-refractivity contribution in [1.82, 2.24) is 0 Å². The van der Waals surface area contributed by atoms with Gasteiger partial charge in [0.25, 0.3) is 0 Å². The molecular weight excluding hydrogens is 368 g/mol. The Balaban J connectivity index is 2.03. The average Bonchev–Trinajstić information content (AvgIpc) is 2.58. The van der Waals surface area contributed by atoms with E-state index in [9.17, 15) is 4.79 Å². The molecule has 1 heterocycles. The van der Waals surface area contributed by atoms with E-state index in [0.29, 0.717) is 5.76 Å². The Bertz CT molecular complexity index is 774. The van der Waals surface area contributed by atoms with Crippen molar-refractivity contribution in [3.63, 3.8) is 0 Å². The van der Waals surface area contributed by atoms with Crippen LogP contribution in [0.1, 0.15) is 30.9 Å². The molecule has 0 saturated carbocycles. The zero-order chi connectivity index (χ0) is 17.3. The van der Waals surface area contributed by atoms with Crippen molar-refractivity contribution < 1.29 is 14.3 Å². The number of benzene rings is 2. The van der Waals surface area contributed by atoms with E-state index in [1.165, 1.54) is 0 Å². The van der Waals surface area contributed by atoms with Gasteiger partial charge in [-0.3, -0.25) is 4.79 Å². The van der Waals surface area contributed by atoms with Gasteiger partial charge in [0.15, 0.2) is 0 Å². The van der Waals surface area contributed by atoms with Crippen LogP contribution in [0.3, 0.4) is 0 Å². The summed E-state index contributed by atoms with van der Waals surface area (Å²) in [6.07, 6.45) is 2.03. The maximum absolute atomic E-state index is 12.6. The molecule has 3 nitrogen and oxygen atoms in total. The Hall–Kier alpha value is -2.07. The molecule has 0 spiro atoms. The highest BCUT2D eigenvalue weighted by atomic mass is 79.9. The monoisotopic (exact) mass is 386 g/mol. The molecule has 1 unspecified atom stereocenters. The van der Waals surface area contributed by atoms with E-state index in [4.69, 9.17) is 9.47 Å². The molecule has 0 bridgehead atoms. The van der Waals surface area contributed by atoms with Gasteiger partial charge >= 0.3 is 5.97 Å². The van der Waals surface area contributed by atoms with Crippen LogP contribution in [-0.2, 0) is 9.53 Å². The number of carbonyl (C=O) groups excluding carboxylic acids is 1. The van der Waals surface area contributed by atoms with Crippen LogP contribution in [0.25, 0.3) is 5.76 Å². The van der Waals surface area contributed by atoms with Crippen molar-refractivity contribution in [1.29, 1.82) is 0 Å². The minimum absolute atomic E-state index is 0.0519. The number of cyclic esters (lactones) is 1.